The highest BCUT2D eigenvalue weighted by Gasteiger charge is 2.15. The molecule has 0 aromatic heterocycles. The van der Waals surface area contributed by atoms with Crippen molar-refractivity contribution in [1.82, 2.24) is 10.2 Å². The molecule has 1 aromatic carbocycles. The van der Waals surface area contributed by atoms with Crippen molar-refractivity contribution in [3.63, 3.8) is 0 Å². The summed E-state index contributed by atoms with van der Waals surface area (Å²) in [6.45, 7) is 7.27. The maximum atomic E-state index is 5.69. The summed E-state index contributed by atoms with van der Waals surface area (Å²) >= 11 is 0. The SMILES string of the molecule is CCOc1ccccc1CN(C)CC1CCNCC1.Cl. The van der Waals surface area contributed by atoms with E-state index in [2.05, 4.69) is 35.5 Å². The molecule has 1 fully saturated rings. The first kappa shape index (κ1) is 17.3. The molecule has 2 rings (SSSR count). The van der Waals surface area contributed by atoms with Crippen LogP contribution in [0.1, 0.15) is 25.3 Å². The molecule has 0 unspecified atom stereocenters. The molecule has 0 radical (unpaired) electrons. The molecule has 0 bridgehead atoms. The van der Waals surface area contributed by atoms with Gasteiger partial charge in [-0.05, 0) is 51.9 Å². The minimum Gasteiger partial charge on any atom is -0.494 e. The number of para-hydroxylation sites is 1. The Labute approximate surface area is 129 Å². The summed E-state index contributed by atoms with van der Waals surface area (Å²) in [5.74, 6) is 1.87. The maximum Gasteiger partial charge on any atom is 0.123 e. The minimum atomic E-state index is 0. The van der Waals surface area contributed by atoms with E-state index in [0.29, 0.717) is 0 Å². The van der Waals surface area contributed by atoms with E-state index in [1.54, 1.807) is 0 Å². The number of piperidine rings is 1. The van der Waals surface area contributed by atoms with Gasteiger partial charge in [-0.3, -0.25) is 0 Å². The summed E-state index contributed by atoms with van der Waals surface area (Å²) in [7, 11) is 2.21. The Hall–Kier alpha value is -0.770. The fourth-order valence-corrected chi connectivity index (χ4v) is 2.79. The molecule has 1 aromatic rings. The molecule has 0 amide bonds. The predicted octanol–water partition coefficient (Wildman–Crippen LogP) is 2.94. The van der Waals surface area contributed by atoms with E-state index in [1.807, 2.05) is 13.0 Å². The molecule has 114 valence electrons. The Morgan fingerprint density at radius 2 is 1.95 bits per heavy atom. The highest BCUT2D eigenvalue weighted by Crippen LogP contribution is 2.21. The van der Waals surface area contributed by atoms with Crippen LogP contribution >= 0.6 is 12.4 Å². The van der Waals surface area contributed by atoms with Crippen LogP contribution in [0.25, 0.3) is 0 Å². The highest BCUT2D eigenvalue weighted by molar-refractivity contribution is 5.85. The number of rotatable bonds is 6. The third-order valence-electron chi connectivity index (χ3n) is 3.74. The highest BCUT2D eigenvalue weighted by atomic mass is 35.5. The first-order valence-electron chi connectivity index (χ1n) is 7.39. The lowest BCUT2D eigenvalue weighted by molar-refractivity contribution is 0.231. The van der Waals surface area contributed by atoms with E-state index in [9.17, 15) is 0 Å². The summed E-state index contributed by atoms with van der Waals surface area (Å²) in [4.78, 5) is 2.42. The van der Waals surface area contributed by atoms with Crippen LogP contribution in [-0.2, 0) is 6.54 Å². The molecular weight excluding hydrogens is 272 g/mol. The van der Waals surface area contributed by atoms with Gasteiger partial charge in [0.25, 0.3) is 0 Å². The van der Waals surface area contributed by atoms with Gasteiger partial charge < -0.3 is 15.0 Å². The molecule has 3 nitrogen and oxygen atoms in total. The minimum absolute atomic E-state index is 0. The zero-order chi connectivity index (χ0) is 13.5. The molecular formula is C16H27ClN2O. The second kappa shape index (κ2) is 9.22. The normalized spacial score (nSPS) is 15.9. The van der Waals surface area contributed by atoms with Crippen molar-refractivity contribution >= 4 is 12.4 Å². The summed E-state index contributed by atoms with van der Waals surface area (Å²) in [5.41, 5.74) is 1.29. The molecule has 1 N–H and O–H groups in total. The van der Waals surface area contributed by atoms with E-state index < -0.39 is 0 Å². The van der Waals surface area contributed by atoms with Crippen molar-refractivity contribution in [2.24, 2.45) is 5.92 Å². The zero-order valence-corrected chi connectivity index (χ0v) is 13.4. The van der Waals surface area contributed by atoms with Crippen LogP contribution in [0.15, 0.2) is 24.3 Å². The third-order valence-corrected chi connectivity index (χ3v) is 3.74. The van der Waals surface area contributed by atoms with Crippen molar-refractivity contribution in [2.45, 2.75) is 26.3 Å². The summed E-state index contributed by atoms with van der Waals surface area (Å²) in [6, 6.07) is 8.37. The van der Waals surface area contributed by atoms with Crippen LogP contribution in [0.4, 0.5) is 0 Å². The van der Waals surface area contributed by atoms with Crippen molar-refractivity contribution in [3.05, 3.63) is 29.8 Å². The van der Waals surface area contributed by atoms with Gasteiger partial charge in [0.05, 0.1) is 6.61 Å². The molecule has 1 aliphatic rings. The number of hydrogen-bond donors (Lipinski definition) is 1. The predicted molar refractivity (Wildman–Crippen MR) is 86.8 cm³/mol. The monoisotopic (exact) mass is 298 g/mol. The first-order chi connectivity index (χ1) is 9.29. The van der Waals surface area contributed by atoms with E-state index in [0.717, 1.165) is 24.8 Å². The average Bonchev–Trinajstić information content (AvgIpc) is 2.42. The Morgan fingerprint density at radius 3 is 2.65 bits per heavy atom. The summed E-state index contributed by atoms with van der Waals surface area (Å²) in [6.07, 6.45) is 2.61. The lowest BCUT2D eigenvalue weighted by atomic mass is 9.97. The fraction of sp³-hybridized carbons (Fsp3) is 0.625. The van der Waals surface area contributed by atoms with Crippen molar-refractivity contribution in [3.8, 4) is 5.75 Å². The number of nitrogens with zero attached hydrogens (tertiary/aromatic N) is 1. The molecule has 0 atom stereocenters. The van der Waals surface area contributed by atoms with Gasteiger partial charge in [0.15, 0.2) is 0 Å². The van der Waals surface area contributed by atoms with Crippen LogP contribution in [0, 0.1) is 5.92 Å². The van der Waals surface area contributed by atoms with E-state index >= 15 is 0 Å². The summed E-state index contributed by atoms with van der Waals surface area (Å²) in [5, 5.41) is 3.42. The topological polar surface area (TPSA) is 24.5 Å². The Bertz CT molecular complexity index is 380. The van der Waals surface area contributed by atoms with E-state index in [-0.39, 0.29) is 12.4 Å². The number of ether oxygens (including phenoxy) is 1. The Morgan fingerprint density at radius 1 is 1.25 bits per heavy atom. The Kier molecular flexibility index (Phi) is 7.97. The molecule has 0 spiro atoms. The van der Waals surface area contributed by atoms with Gasteiger partial charge in [0, 0.05) is 18.7 Å². The van der Waals surface area contributed by atoms with Crippen molar-refractivity contribution < 1.29 is 4.74 Å². The van der Waals surface area contributed by atoms with Crippen LogP contribution < -0.4 is 10.1 Å². The van der Waals surface area contributed by atoms with Crippen LogP contribution in [0.5, 0.6) is 5.75 Å². The number of halogens is 1. The fourth-order valence-electron chi connectivity index (χ4n) is 2.79. The second-order valence-corrected chi connectivity index (χ2v) is 5.43. The molecule has 0 aliphatic carbocycles. The zero-order valence-electron chi connectivity index (χ0n) is 12.6. The second-order valence-electron chi connectivity index (χ2n) is 5.43. The van der Waals surface area contributed by atoms with Crippen LogP contribution in [0.2, 0.25) is 0 Å². The quantitative estimate of drug-likeness (QED) is 0.874. The molecule has 0 saturated carbocycles. The number of nitrogens with one attached hydrogen (secondary N) is 1. The summed E-state index contributed by atoms with van der Waals surface area (Å²) < 4.78 is 5.69. The lowest BCUT2D eigenvalue weighted by Gasteiger charge is -2.27. The van der Waals surface area contributed by atoms with E-state index in [4.69, 9.17) is 4.74 Å². The van der Waals surface area contributed by atoms with Gasteiger partial charge in [-0.1, -0.05) is 18.2 Å². The number of benzene rings is 1. The molecule has 1 heterocycles. The van der Waals surface area contributed by atoms with Crippen molar-refractivity contribution in [1.29, 1.82) is 0 Å². The molecule has 4 heteroatoms. The molecule has 1 aliphatic heterocycles. The molecule has 20 heavy (non-hydrogen) atoms. The van der Waals surface area contributed by atoms with Crippen LogP contribution in [0.3, 0.4) is 0 Å². The first-order valence-corrected chi connectivity index (χ1v) is 7.39. The van der Waals surface area contributed by atoms with Crippen LogP contribution in [-0.4, -0.2) is 38.2 Å². The van der Waals surface area contributed by atoms with Gasteiger partial charge in [-0.2, -0.15) is 0 Å². The Balaban J connectivity index is 0.00000200. The standard InChI is InChI=1S/C16H26N2O.ClH/c1-3-19-16-7-5-4-6-15(16)13-18(2)12-14-8-10-17-11-9-14;/h4-7,14,17H,3,8-13H2,1-2H3;1H. The maximum absolute atomic E-state index is 5.69. The number of hydrogen-bond acceptors (Lipinski definition) is 3. The van der Waals surface area contributed by atoms with Gasteiger partial charge in [0.2, 0.25) is 0 Å². The molecule has 1 saturated heterocycles. The lowest BCUT2D eigenvalue weighted by Crippen LogP contribution is -2.34. The van der Waals surface area contributed by atoms with Gasteiger partial charge in [0.1, 0.15) is 5.75 Å². The van der Waals surface area contributed by atoms with Gasteiger partial charge in [-0.15, -0.1) is 12.4 Å². The van der Waals surface area contributed by atoms with Gasteiger partial charge in [-0.25, -0.2) is 0 Å². The largest absolute Gasteiger partial charge is 0.494 e. The van der Waals surface area contributed by atoms with Crippen molar-refractivity contribution in [2.75, 3.05) is 33.3 Å². The van der Waals surface area contributed by atoms with Gasteiger partial charge >= 0.3 is 0 Å². The van der Waals surface area contributed by atoms with E-state index in [1.165, 1.54) is 38.0 Å². The smallest absolute Gasteiger partial charge is 0.123 e. The third kappa shape index (κ3) is 5.31. The average molecular weight is 299 g/mol.